The minimum atomic E-state index is -0.0638. The molecular weight excluding hydrogens is 349 g/mol. The van der Waals surface area contributed by atoms with Crippen LogP contribution in [0.2, 0.25) is 0 Å². The summed E-state index contributed by atoms with van der Waals surface area (Å²) < 4.78 is 4.68. The summed E-state index contributed by atoms with van der Waals surface area (Å²) in [5.41, 5.74) is 5.16. The van der Waals surface area contributed by atoms with Gasteiger partial charge in [-0.3, -0.25) is 0 Å². The Kier molecular flexibility index (Phi) is 2.47. The van der Waals surface area contributed by atoms with Crippen molar-refractivity contribution in [3.63, 3.8) is 0 Å². The van der Waals surface area contributed by atoms with Crippen LogP contribution < -0.4 is 0 Å². The van der Waals surface area contributed by atoms with Gasteiger partial charge in [-0.1, -0.05) is 0 Å². The van der Waals surface area contributed by atoms with Crippen molar-refractivity contribution in [1.82, 2.24) is 4.57 Å². The van der Waals surface area contributed by atoms with Crippen LogP contribution >= 0.6 is 0 Å². The topological polar surface area (TPSA) is 22.0 Å². The van der Waals surface area contributed by atoms with Gasteiger partial charge in [0.1, 0.15) is 0 Å². The Morgan fingerprint density at radius 3 is 2.61 bits per heavy atom. The summed E-state index contributed by atoms with van der Waals surface area (Å²) >= 11 is 0.0800. The maximum absolute atomic E-state index is 11.4. The van der Waals surface area contributed by atoms with Gasteiger partial charge >= 0.3 is 140 Å². The van der Waals surface area contributed by atoms with Gasteiger partial charge in [-0.15, -0.1) is 0 Å². The van der Waals surface area contributed by atoms with E-state index in [1.807, 2.05) is 0 Å². The monoisotopic (exact) mass is 365 g/mol. The molecule has 0 bridgehead atoms. The summed E-state index contributed by atoms with van der Waals surface area (Å²) in [5.74, 6) is 0. The number of nitrogens with zero attached hydrogens (tertiary/aromatic N) is 1. The van der Waals surface area contributed by atoms with Crippen molar-refractivity contribution in [2.75, 3.05) is 0 Å². The second-order valence-corrected chi connectivity index (χ2v) is 8.89. The quantitative estimate of drug-likeness (QED) is 0.365. The number of para-hydroxylation sites is 2. The van der Waals surface area contributed by atoms with Gasteiger partial charge < -0.3 is 0 Å². The molecule has 0 aliphatic carbocycles. The Morgan fingerprint density at radius 1 is 1.00 bits per heavy atom. The van der Waals surface area contributed by atoms with E-state index in [1.54, 1.807) is 0 Å². The molecule has 4 aromatic rings. The summed E-state index contributed by atoms with van der Waals surface area (Å²) in [7, 11) is 0. The molecule has 1 aliphatic heterocycles. The predicted molar refractivity (Wildman–Crippen MR) is 95.2 cm³/mol. The summed E-state index contributed by atoms with van der Waals surface area (Å²) in [6.45, 7) is 4.55. The standard InChI is InChI=1S/C20H15NOSe/c1-20(2)15-8-5-7-14-13-6-3-4-9-17(13)21(18(14)15)19-16(20)10-12(11-22)23-19/h3-11H,1-2H3. The van der Waals surface area contributed by atoms with E-state index in [0.29, 0.717) is 0 Å². The Bertz CT molecular complexity index is 1110. The molecule has 23 heavy (non-hydrogen) atoms. The third-order valence-corrected chi connectivity index (χ3v) is 7.29. The van der Waals surface area contributed by atoms with E-state index >= 15 is 0 Å². The zero-order chi connectivity index (χ0) is 15.8. The van der Waals surface area contributed by atoms with Crippen molar-refractivity contribution in [3.8, 4) is 4.56 Å². The Labute approximate surface area is 140 Å². The van der Waals surface area contributed by atoms with E-state index in [9.17, 15) is 4.79 Å². The van der Waals surface area contributed by atoms with Crippen LogP contribution in [0.25, 0.3) is 26.4 Å². The van der Waals surface area contributed by atoms with Crippen LogP contribution in [-0.2, 0) is 5.41 Å². The minimum absolute atomic E-state index is 0.0638. The van der Waals surface area contributed by atoms with Crippen LogP contribution in [0.4, 0.5) is 0 Å². The van der Waals surface area contributed by atoms with Gasteiger partial charge in [0.05, 0.1) is 0 Å². The molecule has 3 heteroatoms. The zero-order valence-electron chi connectivity index (χ0n) is 13.0. The molecule has 1 aliphatic rings. The number of hydrogen-bond donors (Lipinski definition) is 0. The van der Waals surface area contributed by atoms with E-state index < -0.39 is 0 Å². The molecule has 0 saturated carbocycles. The van der Waals surface area contributed by atoms with Crippen molar-refractivity contribution < 1.29 is 4.79 Å². The van der Waals surface area contributed by atoms with E-state index in [0.717, 1.165) is 10.7 Å². The van der Waals surface area contributed by atoms with Gasteiger partial charge in [0, 0.05) is 0 Å². The average Bonchev–Trinajstić information content (AvgIpc) is 3.13. The molecule has 2 aromatic carbocycles. The van der Waals surface area contributed by atoms with Gasteiger partial charge in [-0.25, -0.2) is 0 Å². The molecule has 0 saturated heterocycles. The first-order chi connectivity index (χ1) is 11.1. The number of carbonyl (C=O) groups excluding carboxylic acids is 1. The molecule has 2 nitrogen and oxygen atoms in total. The summed E-state index contributed by atoms with van der Waals surface area (Å²) in [6, 6.07) is 17.3. The zero-order valence-corrected chi connectivity index (χ0v) is 14.7. The van der Waals surface area contributed by atoms with Gasteiger partial charge in [-0.2, -0.15) is 0 Å². The Morgan fingerprint density at radius 2 is 1.78 bits per heavy atom. The molecule has 0 atom stereocenters. The van der Waals surface area contributed by atoms with E-state index in [4.69, 9.17) is 0 Å². The van der Waals surface area contributed by atoms with Crippen LogP contribution in [-0.4, -0.2) is 25.4 Å². The normalized spacial score (nSPS) is 15.0. The number of hydrogen-bond acceptors (Lipinski definition) is 1. The van der Waals surface area contributed by atoms with Gasteiger partial charge in [0.2, 0.25) is 0 Å². The first-order valence-electron chi connectivity index (χ1n) is 7.75. The maximum atomic E-state index is 11.4. The Hall–Kier alpha value is -2.09. The van der Waals surface area contributed by atoms with Crippen LogP contribution in [0, 0.1) is 0 Å². The van der Waals surface area contributed by atoms with Crippen molar-refractivity contribution in [2.45, 2.75) is 19.3 Å². The number of carbonyl (C=O) groups is 1. The van der Waals surface area contributed by atoms with Crippen molar-refractivity contribution in [1.29, 1.82) is 0 Å². The second kappa shape index (κ2) is 4.25. The van der Waals surface area contributed by atoms with Crippen molar-refractivity contribution in [3.05, 3.63) is 64.1 Å². The Balaban J connectivity index is 2.10. The first-order valence-corrected chi connectivity index (χ1v) is 9.47. The van der Waals surface area contributed by atoms with Crippen molar-refractivity contribution in [2.24, 2.45) is 0 Å². The van der Waals surface area contributed by atoms with Gasteiger partial charge in [0.15, 0.2) is 0 Å². The third-order valence-electron chi connectivity index (χ3n) is 5.09. The molecule has 0 N–H and O–H groups in total. The predicted octanol–water partition coefficient (Wildman–Crippen LogP) is 4.29. The molecule has 0 amide bonds. The summed E-state index contributed by atoms with van der Waals surface area (Å²) in [5, 5.41) is 2.61. The average molecular weight is 364 g/mol. The molecule has 3 heterocycles. The van der Waals surface area contributed by atoms with Crippen LogP contribution in [0.5, 0.6) is 0 Å². The molecule has 2 aromatic heterocycles. The number of benzene rings is 2. The van der Waals surface area contributed by atoms with Crippen LogP contribution in [0.3, 0.4) is 0 Å². The first kappa shape index (κ1) is 13.4. The summed E-state index contributed by atoms with van der Waals surface area (Å²) in [4.78, 5) is 11.4. The number of fused-ring (bicyclic) bond motifs is 5. The number of aldehydes is 1. The van der Waals surface area contributed by atoms with Gasteiger partial charge in [0.25, 0.3) is 0 Å². The van der Waals surface area contributed by atoms with E-state index in [-0.39, 0.29) is 19.9 Å². The fraction of sp³-hybridized carbons (Fsp3) is 0.150. The van der Waals surface area contributed by atoms with Crippen LogP contribution in [0.1, 0.15) is 34.2 Å². The number of rotatable bonds is 1. The molecule has 0 radical (unpaired) electrons. The molecule has 0 fully saturated rings. The molecule has 112 valence electrons. The summed E-state index contributed by atoms with van der Waals surface area (Å²) in [6.07, 6.45) is 1.03. The molecular formula is C20H15NOSe. The van der Waals surface area contributed by atoms with Crippen LogP contribution in [0.15, 0.2) is 48.5 Å². The molecule has 0 spiro atoms. The second-order valence-electron chi connectivity index (χ2n) is 6.66. The fourth-order valence-electron chi connectivity index (χ4n) is 3.95. The van der Waals surface area contributed by atoms with Crippen molar-refractivity contribution >= 4 is 42.6 Å². The van der Waals surface area contributed by atoms with E-state index in [1.165, 1.54) is 37.5 Å². The SMILES string of the molecule is CC1(C)c2cc(C=O)[se]c2-n2c3ccccc3c3cccc1c32. The van der Waals surface area contributed by atoms with Gasteiger partial charge in [-0.05, 0) is 0 Å². The third kappa shape index (κ3) is 1.52. The fourth-order valence-corrected chi connectivity index (χ4v) is 6.37. The van der Waals surface area contributed by atoms with E-state index in [2.05, 4.69) is 66.9 Å². The number of aromatic nitrogens is 1. The molecule has 0 unspecified atom stereocenters. The molecule has 5 rings (SSSR count).